The highest BCUT2D eigenvalue weighted by atomic mass is 79.9. The summed E-state index contributed by atoms with van der Waals surface area (Å²) in [5.74, 6) is 2.14. The molecule has 0 aliphatic heterocycles. The number of ether oxygens (including phenoxy) is 1. The molecule has 7 nitrogen and oxygen atoms in total. The highest BCUT2D eigenvalue weighted by Gasteiger charge is 2.09. The molecule has 0 spiro atoms. The summed E-state index contributed by atoms with van der Waals surface area (Å²) >= 11 is 3.31. The van der Waals surface area contributed by atoms with Gasteiger partial charge in [0.2, 0.25) is 5.88 Å². The highest BCUT2D eigenvalue weighted by Crippen LogP contribution is 2.23. The fraction of sp³-hybridized carbons (Fsp3) is 0.0476. The first-order valence-corrected chi connectivity index (χ1v) is 9.55. The van der Waals surface area contributed by atoms with Crippen LogP contribution in [0.2, 0.25) is 0 Å². The molecular weight excluding hydrogens is 434 g/mol. The number of pyridine rings is 1. The Balaban J connectivity index is 1.47. The van der Waals surface area contributed by atoms with Crippen molar-refractivity contribution in [2.24, 2.45) is 0 Å². The van der Waals surface area contributed by atoms with Crippen molar-refractivity contribution in [2.45, 2.75) is 6.92 Å². The Morgan fingerprint density at radius 1 is 1.07 bits per heavy atom. The fourth-order valence-corrected chi connectivity index (χ4v) is 3.03. The molecule has 3 heterocycles. The smallest absolute Gasteiger partial charge is 0.257 e. The topological polar surface area (TPSA) is 81.9 Å². The molecule has 0 atom stereocenters. The van der Waals surface area contributed by atoms with Gasteiger partial charge in [0.25, 0.3) is 5.91 Å². The van der Waals surface area contributed by atoms with E-state index in [9.17, 15) is 4.79 Å². The number of carbonyl (C=O) groups is 1. The summed E-state index contributed by atoms with van der Waals surface area (Å²) in [4.78, 5) is 25.1. The molecule has 0 aliphatic rings. The van der Waals surface area contributed by atoms with E-state index in [0.717, 1.165) is 10.3 Å². The molecule has 1 amide bonds. The summed E-state index contributed by atoms with van der Waals surface area (Å²) in [6, 6.07) is 14.4. The van der Waals surface area contributed by atoms with Gasteiger partial charge in [0.05, 0.1) is 5.56 Å². The van der Waals surface area contributed by atoms with Crippen molar-refractivity contribution < 1.29 is 9.53 Å². The number of hydrogen-bond donors (Lipinski definition) is 1. The van der Waals surface area contributed by atoms with Crippen molar-refractivity contribution in [1.82, 2.24) is 19.5 Å². The second-order valence-corrected chi connectivity index (χ2v) is 7.09. The minimum Gasteiger partial charge on any atom is -0.439 e. The Morgan fingerprint density at radius 2 is 1.83 bits per heavy atom. The lowest BCUT2D eigenvalue weighted by atomic mass is 10.2. The van der Waals surface area contributed by atoms with Crippen molar-refractivity contribution >= 4 is 27.5 Å². The van der Waals surface area contributed by atoms with Gasteiger partial charge in [0.1, 0.15) is 17.4 Å². The predicted octanol–water partition coefficient (Wildman–Crippen LogP) is 4.78. The second kappa shape index (κ2) is 8.24. The lowest BCUT2D eigenvalue weighted by Crippen LogP contribution is -2.12. The van der Waals surface area contributed by atoms with Crippen molar-refractivity contribution in [1.29, 1.82) is 0 Å². The van der Waals surface area contributed by atoms with Crippen LogP contribution in [0.3, 0.4) is 0 Å². The van der Waals surface area contributed by atoms with E-state index in [1.54, 1.807) is 42.6 Å². The predicted molar refractivity (Wildman–Crippen MR) is 113 cm³/mol. The molecule has 3 aromatic heterocycles. The standard InChI is InChI=1S/C21H16BrN5O2/c1-14-24-19(27-8-2-3-9-27)11-20(25-14)29-18-6-4-17(5-7-18)26-21(28)15-10-16(22)13-23-12-15/h2-13H,1H3,(H,26,28). The maximum absolute atomic E-state index is 12.3. The average molecular weight is 450 g/mol. The average Bonchev–Trinajstić information content (AvgIpc) is 3.24. The van der Waals surface area contributed by atoms with E-state index in [0.29, 0.717) is 28.7 Å². The van der Waals surface area contributed by atoms with Crippen LogP contribution in [0.5, 0.6) is 11.6 Å². The number of nitrogens with zero attached hydrogens (tertiary/aromatic N) is 4. The lowest BCUT2D eigenvalue weighted by Gasteiger charge is -2.10. The van der Waals surface area contributed by atoms with Crippen LogP contribution >= 0.6 is 15.9 Å². The third-order valence-corrected chi connectivity index (χ3v) is 4.41. The lowest BCUT2D eigenvalue weighted by molar-refractivity contribution is 0.102. The minimum atomic E-state index is -0.241. The van der Waals surface area contributed by atoms with E-state index >= 15 is 0 Å². The summed E-state index contributed by atoms with van der Waals surface area (Å²) in [6.07, 6.45) is 6.95. The highest BCUT2D eigenvalue weighted by molar-refractivity contribution is 9.10. The van der Waals surface area contributed by atoms with Crippen LogP contribution in [0.1, 0.15) is 16.2 Å². The second-order valence-electron chi connectivity index (χ2n) is 6.17. The van der Waals surface area contributed by atoms with Crippen molar-refractivity contribution in [3.63, 3.8) is 0 Å². The Kier molecular flexibility index (Phi) is 5.35. The van der Waals surface area contributed by atoms with E-state index in [-0.39, 0.29) is 5.91 Å². The largest absolute Gasteiger partial charge is 0.439 e. The summed E-state index contributed by atoms with van der Waals surface area (Å²) in [5, 5.41) is 2.83. The fourth-order valence-electron chi connectivity index (χ4n) is 2.66. The molecule has 144 valence electrons. The Labute approximate surface area is 175 Å². The van der Waals surface area contributed by atoms with Gasteiger partial charge in [-0.15, -0.1) is 0 Å². The number of rotatable bonds is 5. The third kappa shape index (κ3) is 4.67. The first-order valence-electron chi connectivity index (χ1n) is 8.76. The van der Waals surface area contributed by atoms with Gasteiger partial charge in [0, 0.05) is 41.0 Å². The summed E-state index contributed by atoms with van der Waals surface area (Å²) in [7, 11) is 0. The number of halogens is 1. The molecule has 0 saturated carbocycles. The Hall–Kier alpha value is -3.52. The first-order chi connectivity index (χ1) is 14.1. The maximum atomic E-state index is 12.3. The number of benzene rings is 1. The molecular formula is C21H16BrN5O2. The van der Waals surface area contributed by atoms with Gasteiger partial charge >= 0.3 is 0 Å². The van der Waals surface area contributed by atoms with E-state index in [4.69, 9.17) is 4.74 Å². The molecule has 0 bridgehead atoms. The van der Waals surface area contributed by atoms with Gasteiger partial charge in [-0.05, 0) is 65.3 Å². The number of aromatic nitrogens is 4. The zero-order valence-electron chi connectivity index (χ0n) is 15.4. The zero-order chi connectivity index (χ0) is 20.2. The summed E-state index contributed by atoms with van der Waals surface area (Å²) < 4.78 is 8.49. The van der Waals surface area contributed by atoms with Crippen LogP contribution in [0.4, 0.5) is 5.69 Å². The van der Waals surface area contributed by atoms with E-state index in [1.165, 1.54) is 6.20 Å². The van der Waals surface area contributed by atoms with Gasteiger partial charge in [0.15, 0.2) is 0 Å². The molecule has 1 aromatic carbocycles. The number of amides is 1. The third-order valence-electron chi connectivity index (χ3n) is 3.97. The minimum absolute atomic E-state index is 0.241. The molecule has 4 rings (SSSR count). The van der Waals surface area contributed by atoms with Crippen LogP contribution < -0.4 is 10.1 Å². The number of hydrogen-bond acceptors (Lipinski definition) is 5. The SMILES string of the molecule is Cc1nc(Oc2ccc(NC(=O)c3cncc(Br)c3)cc2)cc(-n2cccc2)n1. The van der Waals surface area contributed by atoms with E-state index in [2.05, 4.69) is 36.2 Å². The molecule has 8 heteroatoms. The van der Waals surface area contributed by atoms with Gasteiger partial charge in [-0.3, -0.25) is 9.78 Å². The molecule has 4 aromatic rings. The van der Waals surface area contributed by atoms with E-state index in [1.807, 2.05) is 36.0 Å². The molecule has 0 unspecified atom stereocenters. The molecule has 0 saturated heterocycles. The van der Waals surface area contributed by atoms with Crippen LogP contribution in [-0.2, 0) is 0 Å². The van der Waals surface area contributed by atoms with Crippen LogP contribution in [-0.4, -0.2) is 25.4 Å². The van der Waals surface area contributed by atoms with Gasteiger partial charge in [-0.2, -0.15) is 4.98 Å². The van der Waals surface area contributed by atoms with Crippen LogP contribution in [0.25, 0.3) is 5.82 Å². The molecule has 0 fully saturated rings. The number of anilines is 1. The Morgan fingerprint density at radius 3 is 2.55 bits per heavy atom. The van der Waals surface area contributed by atoms with Crippen molar-refractivity contribution in [2.75, 3.05) is 5.32 Å². The first kappa shape index (κ1) is 18.8. The molecule has 0 radical (unpaired) electrons. The van der Waals surface area contributed by atoms with Crippen LogP contribution in [0, 0.1) is 6.92 Å². The summed E-state index contributed by atoms with van der Waals surface area (Å²) in [5.41, 5.74) is 1.11. The van der Waals surface area contributed by atoms with Crippen molar-refractivity contribution in [3.8, 4) is 17.4 Å². The van der Waals surface area contributed by atoms with Gasteiger partial charge in [-0.25, -0.2) is 4.98 Å². The normalized spacial score (nSPS) is 10.6. The van der Waals surface area contributed by atoms with Crippen LogP contribution in [0.15, 0.2) is 77.8 Å². The molecule has 29 heavy (non-hydrogen) atoms. The number of nitrogens with one attached hydrogen (secondary N) is 1. The van der Waals surface area contributed by atoms with Gasteiger partial charge < -0.3 is 14.6 Å². The Bertz CT molecular complexity index is 1140. The molecule has 1 N–H and O–H groups in total. The number of aryl methyl sites for hydroxylation is 1. The number of carbonyl (C=O) groups excluding carboxylic acids is 1. The van der Waals surface area contributed by atoms with E-state index < -0.39 is 0 Å². The van der Waals surface area contributed by atoms with Gasteiger partial charge in [-0.1, -0.05) is 0 Å². The quantitative estimate of drug-likeness (QED) is 0.474. The molecule has 0 aliphatic carbocycles. The monoisotopic (exact) mass is 449 g/mol. The van der Waals surface area contributed by atoms with Crippen molar-refractivity contribution in [3.05, 3.63) is 89.2 Å². The summed E-state index contributed by atoms with van der Waals surface area (Å²) in [6.45, 7) is 1.81. The zero-order valence-corrected chi connectivity index (χ0v) is 17.0. The maximum Gasteiger partial charge on any atom is 0.257 e.